The zero-order valence-electron chi connectivity index (χ0n) is 13.2. The molecule has 0 rings (SSSR count). The van der Waals surface area contributed by atoms with E-state index >= 15 is 0 Å². The zero-order chi connectivity index (χ0) is 14.5. The maximum atomic E-state index is 12.2. The van der Waals surface area contributed by atoms with Crippen LogP contribution in [0, 0.1) is 5.92 Å². The Morgan fingerprint density at radius 3 is 1.84 bits per heavy atom. The van der Waals surface area contributed by atoms with Gasteiger partial charge in [-0.1, -0.05) is 58.8 Å². The Morgan fingerprint density at radius 2 is 1.32 bits per heavy atom. The van der Waals surface area contributed by atoms with Gasteiger partial charge in [-0.25, -0.2) is 0 Å². The molecule has 0 amide bonds. The minimum atomic E-state index is 0.131. The zero-order valence-corrected chi connectivity index (χ0v) is 13.2. The summed E-state index contributed by atoms with van der Waals surface area (Å²) in [6, 6.07) is 0. The lowest BCUT2D eigenvalue weighted by atomic mass is 9.89. The van der Waals surface area contributed by atoms with Crippen molar-refractivity contribution >= 4 is 11.6 Å². The summed E-state index contributed by atoms with van der Waals surface area (Å²) in [5, 5.41) is 0. The first-order chi connectivity index (χ1) is 9.11. The predicted molar refractivity (Wildman–Crippen MR) is 81.3 cm³/mol. The van der Waals surface area contributed by atoms with Gasteiger partial charge in [0, 0.05) is 18.8 Å². The van der Waals surface area contributed by atoms with Crippen LogP contribution in [0.2, 0.25) is 0 Å². The lowest BCUT2D eigenvalue weighted by Gasteiger charge is -2.15. The monoisotopic (exact) mass is 268 g/mol. The highest BCUT2D eigenvalue weighted by Gasteiger charge is 2.17. The first-order valence-corrected chi connectivity index (χ1v) is 8.13. The highest BCUT2D eigenvalue weighted by atomic mass is 16.1. The van der Waals surface area contributed by atoms with Crippen LogP contribution in [-0.4, -0.2) is 11.6 Å². The highest BCUT2D eigenvalue weighted by Crippen LogP contribution is 2.21. The van der Waals surface area contributed by atoms with Gasteiger partial charge in [-0.3, -0.25) is 4.79 Å². The van der Waals surface area contributed by atoms with Crippen LogP contribution in [0.15, 0.2) is 0 Å². The van der Waals surface area contributed by atoms with E-state index in [2.05, 4.69) is 13.8 Å². The van der Waals surface area contributed by atoms with Gasteiger partial charge in [0.05, 0.1) is 0 Å². The minimum absolute atomic E-state index is 0.131. The summed E-state index contributed by atoms with van der Waals surface area (Å²) < 4.78 is 0. The smallest absolute Gasteiger partial charge is 0.136 e. The molecule has 0 N–H and O–H groups in total. The number of ketones is 2. The Morgan fingerprint density at radius 1 is 0.789 bits per heavy atom. The Balaban J connectivity index is 4.06. The average molecular weight is 268 g/mol. The lowest BCUT2D eigenvalue weighted by molar-refractivity contribution is -0.126. The summed E-state index contributed by atoms with van der Waals surface area (Å²) >= 11 is 0. The Bertz CT molecular complexity index is 246. The van der Waals surface area contributed by atoms with Crippen molar-refractivity contribution in [1.29, 1.82) is 0 Å². The Labute approximate surface area is 119 Å². The van der Waals surface area contributed by atoms with Crippen molar-refractivity contribution in [3.05, 3.63) is 0 Å². The molecular formula is C17H32O2. The number of unbranched alkanes of at least 4 members (excludes halogenated alkanes) is 5. The highest BCUT2D eigenvalue weighted by molar-refractivity contribution is 5.86. The van der Waals surface area contributed by atoms with Gasteiger partial charge in [0.25, 0.3) is 0 Å². The second-order valence-electron chi connectivity index (χ2n) is 5.71. The van der Waals surface area contributed by atoms with Crippen LogP contribution < -0.4 is 0 Å². The molecule has 0 spiro atoms. The molecule has 112 valence electrons. The molecule has 0 heterocycles. The van der Waals surface area contributed by atoms with E-state index in [1.807, 2.05) is 0 Å². The van der Waals surface area contributed by atoms with Gasteiger partial charge < -0.3 is 4.79 Å². The molecule has 0 saturated heterocycles. The average Bonchev–Trinajstić information content (AvgIpc) is 2.39. The predicted octanol–water partition coefficient (Wildman–Crippen LogP) is 5.09. The third kappa shape index (κ3) is 10.9. The molecule has 0 aliphatic carbocycles. The van der Waals surface area contributed by atoms with Gasteiger partial charge in [0.1, 0.15) is 11.6 Å². The Hall–Kier alpha value is -0.660. The standard InChI is InChI=1S/C17H32O2/c1-4-6-8-10-12-16(11-9-7-5-2)17(19)14-13-15(3)18/h16H,4-14H2,1-3H3. The topological polar surface area (TPSA) is 34.1 Å². The molecule has 0 bridgehead atoms. The molecule has 19 heavy (non-hydrogen) atoms. The van der Waals surface area contributed by atoms with E-state index in [4.69, 9.17) is 0 Å². The number of hydrogen-bond donors (Lipinski definition) is 0. The van der Waals surface area contributed by atoms with Gasteiger partial charge >= 0.3 is 0 Å². The van der Waals surface area contributed by atoms with Crippen molar-refractivity contribution in [2.45, 2.75) is 91.4 Å². The van der Waals surface area contributed by atoms with E-state index in [0.29, 0.717) is 18.6 Å². The fraction of sp³-hybridized carbons (Fsp3) is 0.882. The van der Waals surface area contributed by atoms with Gasteiger partial charge in [-0.05, 0) is 19.8 Å². The van der Waals surface area contributed by atoms with Crippen molar-refractivity contribution in [3.8, 4) is 0 Å². The molecule has 0 aliphatic heterocycles. The quantitative estimate of drug-likeness (QED) is 0.436. The van der Waals surface area contributed by atoms with Crippen LogP contribution in [0.1, 0.15) is 91.4 Å². The molecule has 0 aromatic carbocycles. The van der Waals surface area contributed by atoms with Gasteiger partial charge in [0.15, 0.2) is 0 Å². The van der Waals surface area contributed by atoms with Gasteiger partial charge in [-0.2, -0.15) is 0 Å². The van der Waals surface area contributed by atoms with E-state index < -0.39 is 0 Å². The number of carbonyl (C=O) groups excluding carboxylic acids is 2. The number of hydrogen-bond acceptors (Lipinski definition) is 2. The summed E-state index contributed by atoms with van der Waals surface area (Å²) in [4.78, 5) is 23.1. The maximum absolute atomic E-state index is 12.2. The van der Waals surface area contributed by atoms with Crippen molar-refractivity contribution in [2.24, 2.45) is 5.92 Å². The summed E-state index contributed by atoms with van der Waals surface area (Å²) in [7, 11) is 0. The third-order valence-electron chi connectivity index (χ3n) is 3.74. The van der Waals surface area contributed by atoms with Crippen LogP contribution in [0.4, 0.5) is 0 Å². The van der Waals surface area contributed by atoms with E-state index in [-0.39, 0.29) is 11.7 Å². The fourth-order valence-corrected chi connectivity index (χ4v) is 2.43. The molecule has 0 saturated carbocycles. The van der Waals surface area contributed by atoms with Crippen molar-refractivity contribution in [3.63, 3.8) is 0 Å². The van der Waals surface area contributed by atoms with E-state index in [1.165, 1.54) is 32.1 Å². The van der Waals surface area contributed by atoms with Crippen LogP contribution in [0.3, 0.4) is 0 Å². The first kappa shape index (κ1) is 18.3. The summed E-state index contributed by atoms with van der Waals surface area (Å²) in [6.07, 6.45) is 11.4. The van der Waals surface area contributed by atoms with E-state index in [9.17, 15) is 9.59 Å². The molecule has 2 heteroatoms. The van der Waals surface area contributed by atoms with Crippen LogP contribution >= 0.6 is 0 Å². The molecule has 0 aromatic rings. The largest absolute Gasteiger partial charge is 0.300 e. The van der Waals surface area contributed by atoms with E-state index in [1.54, 1.807) is 6.92 Å². The normalized spacial score (nSPS) is 12.4. The molecule has 0 aliphatic rings. The molecule has 2 nitrogen and oxygen atoms in total. The summed E-state index contributed by atoms with van der Waals surface area (Å²) in [6.45, 7) is 5.96. The molecule has 0 aromatic heterocycles. The van der Waals surface area contributed by atoms with Crippen molar-refractivity contribution in [1.82, 2.24) is 0 Å². The summed E-state index contributed by atoms with van der Waals surface area (Å²) in [5.41, 5.74) is 0. The molecular weight excluding hydrogens is 236 g/mol. The maximum Gasteiger partial charge on any atom is 0.136 e. The van der Waals surface area contributed by atoms with Crippen molar-refractivity contribution in [2.75, 3.05) is 0 Å². The fourth-order valence-electron chi connectivity index (χ4n) is 2.43. The summed E-state index contributed by atoms with van der Waals surface area (Å²) in [5.74, 6) is 0.664. The molecule has 1 atom stereocenters. The molecule has 0 fully saturated rings. The molecule has 1 unspecified atom stereocenters. The van der Waals surface area contributed by atoms with Gasteiger partial charge in [0.2, 0.25) is 0 Å². The van der Waals surface area contributed by atoms with Crippen LogP contribution in [-0.2, 0) is 9.59 Å². The molecule has 0 radical (unpaired) electrons. The second-order valence-corrected chi connectivity index (χ2v) is 5.71. The van der Waals surface area contributed by atoms with Crippen LogP contribution in [0.25, 0.3) is 0 Å². The second kappa shape index (κ2) is 12.4. The SMILES string of the molecule is CCCCCCC(CCCCC)C(=O)CCC(C)=O. The third-order valence-corrected chi connectivity index (χ3v) is 3.74. The van der Waals surface area contributed by atoms with Crippen molar-refractivity contribution < 1.29 is 9.59 Å². The lowest BCUT2D eigenvalue weighted by Crippen LogP contribution is -2.15. The number of Topliss-reactive ketones (excluding diaryl/α,β-unsaturated/α-hetero) is 2. The number of rotatable bonds is 13. The number of carbonyl (C=O) groups is 2. The van der Waals surface area contributed by atoms with Gasteiger partial charge in [-0.15, -0.1) is 0 Å². The first-order valence-electron chi connectivity index (χ1n) is 8.13. The minimum Gasteiger partial charge on any atom is -0.300 e. The van der Waals surface area contributed by atoms with E-state index in [0.717, 1.165) is 25.7 Å². The Kier molecular flexibility index (Phi) is 11.9. The van der Waals surface area contributed by atoms with Crippen LogP contribution in [0.5, 0.6) is 0 Å².